The van der Waals surface area contributed by atoms with Crippen molar-refractivity contribution in [1.82, 2.24) is 14.7 Å². The number of morpholine rings is 1. The minimum atomic E-state index is -3.99. The first-order valence-electron chi connectivity index (χ1n) is 9.92. The molecular formula is C22H24N4O4S. The summed E-state index contributed by atoms with van der Waals surface area (Å²) < 4.78 is 31.6. The zero-order valence-electron chi connectivity index (χ0n) is 16.9. The number of ether oxygens (including phenoxy) is 1. The number of nitrogens with one attached hydrogen (secondary N) is 1. The molecule has 2 amide bonds. The number of hydrogen-bond donors (Lipinski definition) is 2. The third-order valence-corrected chi connectivity index (χ3v) is 6.43. The number of hydrazine groups is 1. The van der Waals surface area contributed by atoms with Crippen molar-refractivity contribution in [2.45, 2.75) is 11.4 Å². The van der Waals surface area contributed by atoms with E-state index in [0.29, 0.717) is 32.0 Å². The Kier molecular flexibility index (Phi) is 6.08. The van der Waals surface area contributed by atoms with Crippen molar-refractivity contribution in [3.63, 3.8) is 0 Å². The molecule has 0 radical (unpaired) electrons. The van der Waals surface area contributed by atoms with E-state index in [1.54, 1.807) is 41.3 Å². The number of amides is 2. The highest BCUT2D eigenvalue weighted by atomic mass is 32.2. The first-order valence-corrected chi connectivity index (χ1v) is 11.4. The van der Waals surface area contributed by atoms with Crippen LogP contribution >= 0.6 is 0 Å². The van der Waals surface area contributed by atoms with E-state index in [0.717, 1.165) is 21.3 Å². The second-order valence-corrected chi connectivity index (χ2v) is 8.97. The minimum Gasteiger partial charge on any atom is -0.399 e. The normalized spacial score (nSPS) is 14.5. The summed E-state index contributed by atoms with van der Waals surface area (Å²) in [5, 5.41) is 2.86. The lowest BCUT2D eigenvalue weighted by atomic mass is 10.1. The predicted octanol–water partition coefficient (Wildman–Crippen LogP) is 2.57. The molecule has 3 aromatic rings. The zero-order chi connectivity index (χ0) is 21.8. The van der Waals surface area contributed by atoms with Crippen molar-refractivity contribution in [2.75, 3.05) is 32.0 Å². The Morgan fingerprint density at radius 3 is 2.39 bits per heavy atom. The number of hydrogen-bond acceptors (Lipinski definition) is 5. The molecule has 1 aliphatic heterocycles. The molecule has 0 atom stereocenters. The zero-order valence-corrected chi connectivity index (χ0v) is 17.7. The number of anilines is 1. The first-order chi connectivity index (χ1) is 14.9. The van der Waals surface area contributed by atoms with E-state index < -0.39 is 16.1 Å². The largest absolute Gasteiger partial charge is 0.399 e. The van der Waals surface area contributed by atoms with Crippen LogP contribution in [0, 0.1) is 0 Å². The molecule has 1 heterocycles. The van der Waals surface area contributed by atoms with Gasteiger partial charge in [0.15, 0.2) is 0 Å². The number of carbonyl (C=O) groups excluding carboxylic acids is 1. The van der Waals surface area contributed by atoms with E-state index >= 15 is 0 Å². The molecule has 1 saturated heterocycles. The Morgan fingerprint density at radius 2 is 1.68 bits per heavy atom. The molecule has 0 unspecified atom stereocenters. The van der Waals surface area contributed by atoms with E-state index in [4.69, 9.17) is 10.5 Å². The standard InChI is InChI=1S/C22H24N4O4S/c23-20-8-5-17(6-9-20)16-26(22(27)25-11-13-30-14-12-25)24-31(28,29)21-10-7-18-3-1-2-4-19(18)15-21/h1-10,15,24H,11-14,16,23H2. The monoisotopic (exact) mass is 440 g/mol. The maximum Gasteiger partial charge on any atom is 0.335 e. The van der Waals surface area contributed by atoms with E-state index in [1.807, 2.05) is 24.3 Å². The van der Waals surface area contributed by atoms with Crippen molar-refractivity contribution in [1.29, 1.82) is 0 Å². The molecule has 3 aromatic carbocycles. The summed E-state index contributed by atoms with van der Waals surface area (Å²) in [7, 11) is -3.99. The molecule has 1 fully saturated rings. The van der Waals surface area contributed by atoms with Crippen LogP contribution in [0.3, 0.4) is 0 Å². The molecule has 0 spiro atoms. The average molecular weight is 441 g/mol. The quantitative estimate of drug-likeness (QED) is 0.469. The fraction of sp³-hybridized carbons (Fsp3) is 0.227. The summed E-state index contributed by atoms with van der Waals surface area (Å²) in [5.74, 6) is 0. The summed E-state index contributed by atoms with van der Waals surface area (Å²) in [6.07, 6.45) is 0. The topological polar surface area (TPSA) is 105 Å². The van der Waals surface area contributed by atoms with Crippen LogP contribution in [0.25, 0.3) is 10.8 Å². The summed E-state index contributed by atoms with van der Waals surface area (Å²) in [5.41, 5.74) is 7.08. The van der Waals surface area contributed by atoms with Gasteiger partial charge in [-0.2, -0.15) is 0 Å². The molecule has 4 rings (SSSR count). The van der Waals surface area contributed by atoms with Gasteiger partial charge in [-0.05, 0) is 40.6 Å². The van der Waals surface area contributed by atoms with Crippen LogP contribution in [-0.2, 0) is 21.3 Å². The first kappa shape index (κ1) is 21.1. The van der Waals surface area contributed by atoms with Gasteiger partial charge in [0.05, 0.1) is 24.7 Å². The number of benzene rings is 3. The van der Waals surface area contributed by atoms with Gasteiger partial charge in [-0.15, -0.1) is 4.83 Å². The van der Waals surface area contributed by atoms with Crippen LogP contribution in [0.2, 0.25) is 0 Å². The van der Waals surface area contributed by atoms with Crippen LogP contribution in [-0.4, -0.2) is 50.7 Å². The molecule has 1 aliphatic rings. The second-order valence-electron chi connectivity index (χ2n) is 7.31. The molecule has 3 N–H and O–H groups in total. The van der Waals surface area contributed by atoms with E-state index in [2.05, 4.69) is 4.83 Å². The van der Waals surface area contributed by atoms with E-state index in [9.17, 15) is 13.2 Å². The highest BCUT2D eigenvalue weighted by Crippen LogP contribution is 2.20. The lowest BCUT2D eigenvalue weighted by molar-refractivity contribution is 0.0404. The van der Waals surface area contributed by atoms with Crippen molar-refractivity contribution in [3.05, 3.63) is 72.3 Å². The molecule has 0 bridgehead atoms. The van der Waals surface area contributed by atoms with Crippen LogP contribution in [0.4, 0.5) is 10.5 Å². The number of fused-ring (bicyclic) bond motifs is 1. The Bertz CT molecular complexity index is 1180. The number of nitrogens with zero attached hydrogens (tertiary/aromatic N) is 2. The molecule has 31 heavy (non-hydrogen) atoms. The number of nitrogen functional groups attached to an aromatic ring is 1. The van der Waals surface area contributed by atoms with Crippen LogP contribution in [0.5, 0.6) is 0 Å². The third-order valence-electron chi connectivity index (χ3n) is 5.09. The predicted molar refractivity (Wildman–Crippen MR) is 118 cm³/mol. The van der Waals surface area contributed by atoms with Crippen molar-refractivity contribution in [3.8, 4) is 0 Å². The maximum atomic E-state index is 13.1. The molecule has 0 saturated carbocycles. The summed E-state index contributed by atoms with van der Waals surface area (Å²) in [4.78, 5) is 17.3. The average Bonchev–Trinajstić information content (AvgIpc) is 2.79. The number of sulfonamides is 1. The molecular weight excluding hydrogens is 416 g/mol. The maximum absolute atomic E-state index is 13.1. The number of carbonyl (C=O) groups is 1. The SMILES string of the molecule is Nc1ccc(CN(NS(=O)(=O)c2ccc3ccccc3c2)C(=O)N2CCOCC2)cc1. The molecule has 0 aromatic heterocycles. The molecule has 162 valence electrons. The lowest BCUT2D eigenvalue weighted by Crippen LogP contribution is -2.54. The molecule has 9 heteroatoms. The van der Waals surface area contributed by atoms with Crippen LogP contribution in [0.1, 0.15) is 5.56 Å². The van der Waals surface area contributed by atoms with Gasteiger partial charge >= 0.3 is 6.03 Å². The fourth-order valence-corrected chi connectivity index (χ4v) is 4.47. The summed E-state index contributed by atoms with van der Waals surface area (Å²) in [6, 6.07) is 18.9. The Morgan fingerprint density at radius 1 is 1.00 bits per heavy atom. The van der Waals surface area contributed by atoms with Gasteiger partial charge in [-0.1, -0.05) is 42.5 Å². The van der Waals surface area contributed by atoms with Crippen molar-refractivity contribution >= 4 is 32.5 Å². The third kappa shape index (κ3) is 4.96. The lowest BCUT2D eigenvalue weighted by Gasteiger charge is -2.32. The van der Waals surface area contributed by atoms with Gasteiger partial charge in [-0.3, -0.25) is 0 Å². The smallest absolute Gasteiger partial charge is 0.335 e. The number of urea groups is 1. The minimum absolute atomic E-state index is 0.0588. The van der Waals surface area contributed by atoms with Gasteiger partial charge < -0.3 is 15.4 Å². The van der Waals surface area contributed by atoms with E-state index in [-0.39, 0.29) is 11.4 Å². The van der Waals surface area contributed by atoms with Gasteiger partial charge in [0.2, 0.25) is 0 Å². The fourth-order valence-electron chi connectivity index (χ4n) is 3.40. The number of rotatable bonds is 5. The Balaban J connectivity index is 1.62. The summed E-state index contributed by atoms with van der Waals surface area (Å²) in [6.45, 7) is 1.69. The Hall–Kier alpha value is -3.14. The van der Waals surface area contributed by atoms with Gasteiger partial charge in [0, 0.05) is 18.8 Å². The molecule has 8 nitrogen and oxygen atoms in total. The number of nitrogens with two attached hydrogens (primary N) is 1. The second kappa shape index (κ2) is 8.93. The highest BCUT2D eigenvalue weighted by Gasteiger charge is 2.27. The van der Waals surface area contributed by atoms with Gasteiger partial charge in [-0.25, -0.2) is 18.2 Å². The van der Waals surface area contributed by atoms with Crippen LogP contribution < -0.4 is 10.6 Å². The van der Waals surface area contributed by atoms with Gasteiger partial charge in [0.25, 0.3) is 10.0 Å². The molecule has 0 aliphatic carbocycles. The van der Waals surface area contributed by atoms with Crippen molar-refractivity contribution < 1.29 is 17.9 Å². The highest BCUT2D eigenvalue weighted by molar-refractivity contribution is 7.89. The summed E-state index contributed by atoms with van der Waals surface area (Å²) >= 11 is 0. The Labute approximate surface area is 181 Å². The van der Waals surface area contributed by atoms with Crippen LogP contribution in [0.15, 0.2) is 71.6 Å². The van der Waals surface area contributed by atoms with Crippen molar-refractivity contribution in [2.24, 2.45) is 0 Å². The van der Waals surface area contributed by atoms with E-state index in [1.165, 1.54) is 6.07 Å². The van der Waals surface area contributed by atoms with Gasteiger partial charge in [0.1, 0.15) is 0 Å².